The summed E-state index contributed by atoms with van der Waals surface area (Å²) in [5.41, 5.74) is 5.16. The minimum absolute atomic E-state index is 0.259. The lowest BCUT2D eigenvalue weighted by Crippen LogP contribution is -2.37. The molecule has 1 heterocycles. The number of anilines is 1. The summed E-state index contributed by atoms with van der Waals surface area (Å²) in [4.78, 5) is 13.4. The Labute approximate surface area is 127 Å². The predicted molar refractivity (Wildman–Crippen MR) is 82.8 cm³/mol. The Morgan fingerprint density at radius 1 is 1.43 bits per heavy atom. The maximum Gasteiger partial charge on any atom is 0.316 e. The first-order chi connectivity index (χ1) is 9.97. The van der Waals surface area contributed by atoms with Gasteiger partial charge in [0, 0.05) is 22.5 Å². The van der Waals surface area contributed by atoms with Crippen molar-refractivity contribution in [3.8, 4) is 0 Å². The highest BCUT2D eigenvalue weighted by atomic mass is 32.1. The van der Waals surface area contributed by atoms with E-state index in [9.17, 15) is 9.18 Å². The molecule has 2 N–H and O–H groups in total. The Bertz CT molecular complexity index is 627. The second-order valence-electron chi connectivity index (χ2n) is 5.05. The number of benzene rings is 1. The van der Waals surface area contributed by atoms with E-state index in [1.807, 2.05) is 17.5 Å². The first-order valence-corrected chi connectivity index (χ1v) is 7.60. The fourth-order valence-electron chi connectivity index (χ4n) is 2.31. The van der Waals surface area contributed by atoms with Gasteiger partial charge in [-0.2, -0.15) is 0 Å². The van der Waals surface area contributed by atoms with E-state index in [2.05, 4.69) is 0 Å². The molecule has 2 aromatic rings. The second kappa shape index (κ2) is 6.26. The molecule has 112 valence electrons. The van der Waals surface area contributed by atoms with Crippen molar-refractivity contribution in [2.45, 2.75) is 25.7 Å². The molecular weight excluding hydrogens is 289 g/mol. The molecule has 0 radical (unpaired) electrons. The van der Waals surface area contributed by atoms with Crippen LogP contribution in [0.15, 0.2) is 35.7 Å². The number of rotatable bonds is 5. The third-order valence-electron chi connectivity index (χ3n) is 3.42. The number of carbonyl (C=O) groups is 1. The van der Waals surface area contributed by atoms with Gasteiger partial charge < -0.3 is 10.5 Å². The van der Waals surface area contributed by atoms with Gasteiger partial charge in [-0.3, -0.25) is 4.79 Å². The van der Waals surface area contributed by atoms with Crippen LogP contribution in [0.4, 0.5) is 10.1 Å². The van der Waals surface area contributed by atoms with E-state index in [4.69, 9.17) is 10.5 Å². The first kappa shape index (κ1) is 15.5. The van der Waals surface area contributed by atoms with Gasteiger partial charge >= 0.3 is 5.97 Å². The van der Waals surface area contributed by atoms with Crippen molar-refractivity contribution < 1.29 is 13.9 Å². The molecule has 0 bridgehead atoms. The van der Waals surface area contributed by atoms with Crippen LogP contribution in [0.25, 0.3) is 0 Å². The quantitative estimate of drug-likeness (QED) is 0.679. The molecule has 1 atom stereocenters. The molecule has 0 saturated heterocycles. The zero-order valence-electron chi connectivity index (χ0n) is 12.1. The maximum absolute atomic E-state index is 14.3. The summed E-state index contributed by atoms with van der Waals surface area (Å²) in [6.07, 6.45) is 0.393. The lowest BCUT2D eigenvalue weighted by atomic mass is 9.78. The van der Waals surface area contributed by atoms with E-state index >= 15 is 0 Å². The topological polar surface area (TPSA) is 52.3 Å². The van der Waals surface area contributed by atoms with E-state index in [1.165, 1.54) is 17.4 Å². The smallest absolute Gasteiger partial charge is 0.316 e. The van der Waals surface area contributed by atoms with E-state index in [0.717, 1.165) is 4.88 Å². The SMILES string of the molecule is CCOC(=O)C(C)(Cc1cccs1)c1ccc(N)cc1F. The van der Waals surface area contributed by atoms with Crippen LogP contribution in [0.1, 0.15) is 24.3 Å². The lowest BCUT2D eigenvalue weighted by Gasteiger charge is -2.28. The fraction of sp³-hybridized carbons (Fsp3) is 0.312. The van der Waals surface area contributed by atoms with Crippen molar-refractivity contribution >= 4 is 23.0 Å². The van der Waals surface area contributed by atoms with Gasteiger partial charge in [0.2, 0.25) is 0 Å². The lowest BCUT2D eigenvalue weighted by molar-refractivity contribution is -0.149. The number of halogens is 1. The van der Waals surface area contributed by atoms with Crippen LogP contribution in [0.3, 0.4) is 0 Å². The molecule has 2 rings (SSSR count). The maximum atomic E-state index is 14.3. The van der Waals surface area contributed by atoms with E-state index < -0.39 is 17.2 Å². The Kier molecular flexibility index (Phi) is 4.63. The summed E-state index contributed by atoms with van der Waals surface area (Å²) in [6.45, 7) is 3.71. The van der Waals surface area contributed by atoms with Crippen molar-refractivity contribution in [2.75, 3.05) is 12.3 Å². The number of esters is 1. The van der Waals surface area contributed by atoms with Gasteiger partial charge in [-0.05, 0) is 37.4 Å². The van der Waals surface area contributed by atoms with Gasteiger partial charge in [0.05, 0.1) is 12.0 Å². The van der Waals surface area contributed by atoms with Crippen LogP contribution in [-0.4, -0.2) is 12.6 Å². The van der Waals surface area contributed by atoms with Gasteiger partial charge in [0.25, 0.3) is 0 Å². The second-order valence-corrected chi connectivity index (χ2v) is 6.08. The highest BCUT2D eigenvalue weighted by Crippen LogP contribution is 2.33. The minimum Gasteiger partial charge on any atom is -0.465 e. The van der Waals surface area contributed by atoms with E-state index in [-0.39, 0.29) is 6.61 Å². The summed E-state index contributed by atoms with van der Waals surface area (Å²) in [5, 5.41) is 1.93. The van der Waals surface area contributed by atoms with Crippen LogP contribution < -0.4 is 5.73 Å². The number of hydrogen-bond acceptors (Lipinski definition) is 4. The molecule has 3 nitrogen and oxygen atoms in total. The van der Waals surface area contributed by atoms with Crippen molar-refractivity contribution in [3.05, 3.63) is 52.0 Å². The van der Waals surface area contributed by atoms with Gasteiger partial charge in [-0.25, -0.2) is 4.39 Å². The summed E-state index contributed by atoms with van der Waals surface area (Å²) in [7, 11) is 0. The molecule has 1 aromatic carbocycles. The van der Waals surface area contributed by atoms with Gasteiger partial charge in [0.1, 0.15) is 5.82 Å². The molecule has 21 heavy (non-hydrogen) atoms. The zero-order chi connectivity index (χ0) is 15.5. The van der Waals surface area contributed by atoms with Crippen LogP contribution in [0, 0.1) is 5.82 Å². The van der Waals surface area contributed by atoms with E-state index in [1.54, 1.807) is 26.0 Å². The third-order valence-corrected chi connectivity index (χ3v) is 4.30. The molecule has 0 aliphatic rings. The molecule has 1 unspecified atom stereocenters. The zero-order valence-corrected chi connectivity index (χ0v) is 12.9. The average Bonchev–Trinajstić information content (AvgIpc) is 2.91. The largest absolute Gasteiger partial charge is 0.465 e. The van der Waals surface area contributed by atoms with Crippen molar-refractivity contribution in [1.82, 2.24) is 0 Å². The van der Waals surface area contributed by atoms with Crippen molar-refractivity contribution in [3.63, 3.8) is 0 Å². The summed E-state index contributed by atoms with van der Waals surface area (Å²) >= 11 is 1.53. The third kappa shape index (κ3) is 3.24. The molecule has 0 saturated carbocycles. The molecular formula is C16H18FNO2S. The Hall–Kier alpha value is -1.88. The molecule has 0 fully saturated rings. The highest BCUT2D eigenvalue weighted by Gasteiger charge is 2.39. The minimum atomic E-state index is -1.07. The number of carbonyl (C=O) groups excluding carboxylic acids is 1. The predicted octanol–water partition coefficient (Wildman–Crippen LogP) is 3.53. The number of thiophene rings is 1. The summed E-state index contributed by atoms with van der Waals surface area (Å²) in [6, 6.07) is 8.24. The first-order valence-electron chi connectivity index (χ1n) is 6.72. The summed E-state index contributed by atoms with van der Waals surface area (Å²) < 4.78 is 19.5. The normalized spacial score (nSPS) is 13.7. The van der Waals surface area contributed by atoms with Crippen LogP contribution in [0.2, 0.25) is 0 Å². The molecule has 1 aromatic heterocycles. The average molecular weight is 307 g/mol. The van der Waals surface area contributed by atoms with Gasteiger partial charge in [-0.1, -0.05) is 12.1 Å². The van der Waals surface area contributed by atoms with Gasteiger partial charge in [0.15, 0.2) is 0 Å². The number of nitrogens with two attached hydrogens (primary N) is 1. The van der Waals surface area contributed by atoms with Crippen molar-refractivity contribution in [2.24, 2.45) is 0 Å². The van der Waals surface area contributed by atoms with Gasteiger partial charge in [-0.15, -0.1) is 11.3 Å². The number of hydrogen-bond donors (Lipinski definition) is 1. The molecule has 0 aliphatic heterocycles. The number of nitrogen functional groups attached to an aromatic ring is 1. The molecule has 0 amide bonds. The standard InChI is InChI=1S/C16H18FNO2S/c1-3-20-15(19)16(2,10-12-5-4-8-21-12)13-7-6-11(18)9-14(13)17/h4-9H,3,10,18H2,1-2H3. The molecule has 0 aliphatic carbocycles. The van der Waals surface area contributed by atoms with Crippen LogP contribution >= 0.6 is 11.3 Å². The van der Waals surface area contributed by atoms with Crippen LogP contribution in [-0.2, 0) is 21.4 Å². The summed E-state index contributed by atoms with van der Waals surface area (Å²) in [5.74, 6) is -0.913. The van der Waals surface area contributed by atoms with Crippen molar-refractivity contribution in [1.29, 1.82) is 0 Å². The van der Waals surface area contributed by atoms with Crippen LogP contribution in [0.5, 0.6) is 0 Å². The fourth-order valence-corrected chi connectivity index (χ4v) is 3.17. The molecule has 0 spiro atoms. The Morgan fingerprint density at radius 2 is 2.19 bits per heavy atom. The highest BCUT2D eigenvalue weighted by molar-refractivity contribution is 7.09. The Balaban J connectivity index is 2.46. The Morgan fingerprint density at radius 3 is 2.76 bits per heavy atom. The van der Waals surface area contributed by atoms with E-state index in [0.29, 0.717) is 17.7 Å². The monoisotopic (exact) mass is 307 g/mol. The number of ether oxygens (including phenoxy) is 1. The molecule has 5 heteroatoms.